The van der Waals surface area contributed by atoms with Crippen molar-refractivity contribution in [1.29, 1.82) is 0 Å². The maximum Gasteiger partial charge on any atom is 0.320 e. The zero-order valence-corrected chi connectivity index (χ0v) is 13.2. The van der Waals surface area contributed by atoms with Crippen molar-refractivity contribution in [2.75, 3.05) is 0 Å². The lowest BCUT2D eigenvalue weighted by atomic mass is 9.97. The van der Waals surface area contributed by atoms with Gasteiger partial charge < -0.3 is 10.4 Å². The molecule has 1 rings (SSSR count). The summed E-state index contributed by atoms with van der Waals surface area (Å²) in [5.74, 6) is -0.682. The fourth-order valence-corrected chi connectivity index (χ4v) is 3.18. The Balaban J connectivity index is 2.42. The van der Waals surface area contributed by atoms with Gasteiger partial charge in [0.15, 0.2) is 0 Å². The monoisotopic (exact) mass is 283 g/mol. The Kier molecular flexibility index (Phi) is 9.73. The average Bonchev–Trinajstić information content (AvgIpc) is 2.40. The number of rotatable bonds is 5. The molecule has 118 valence electrons. The lowest BCUT2D eigenvalue weighted by Gasteiger charge is -2.23. The molecule has 3 nitrogen and oxygen atoms in total. The summed E-state index contributed by atoms with van der Waals surface area (Å²) < 4.78 is 0. The minimum Gasteiger partial charge on any atom is -0.480 e. The van der Waals surface area contributed by atoms with Gasteiger partial charge in [-0.3, -0.25) is 4.79 Å². The van der Waals surface area contributed by atoms with E-state index in [1.165, 1.54) is 57.8 Å². The van der Waals surface area contributed by atoms with Gasteiger partial charge in [-0.25, -0.2) is 0 Å². The van der Waals surface area contributed by atoms with Gasteiger partial charge in [-0.15, -0.1) is 0 Å². The van der Waals surface area contributed by atoms with Crippen LogP contribution in [0.4, 0.5) is 0 Å². The molecule has 0 bridgehead atoms. The molecule has 0 spiro atoms. The summed E-state index contributed by atoms with van der Waals surface area (Å²) in [7, 11) is 0. The molecule has 20 heavy (non-hydrogen) atoms. The summed E-state index contributed by atoms with van der Waals surface area (Å²) in [6.45, 7) is 2.05. The molecule has 0 aromatic carbocycles. The molecule has 1 saturated carbocycles. The second kappa shape index (κ2) is 11.1. The van der Waals surface area contributed by atoms with Crippen LogP contribution in [-0.4, -0.2) is 23.2 Å². The third-order valence-electron chi connectivity index (χ3n) is 4.42. The normalized spacial score (nSPS) is 21.6. The van der Waals surface area contributed by atoms with Crippen LogP contribution in [0.1, 0.15) is 90.4 Å². The Labute approximate surface area is 124 Å². The summed E-state index contributed by atoms with van der Waals surface area (Å²) >= 11 is 0. The van der Waals surface area contributed by atoms with E-state index >= 15 is 0 Å². The standard InChI is InChI=1S/C17H33NO2/c1-2-12-16(17(19)20)18-15-13-10-8-6-4-3-5-7-9-11-14-15/h15-16,18H,2-14H2,1H3,(H,19,20). The highest BCUT2D eigenvalue weighted by Crippen LogP contribution is 2.17. The van der Waals surface area contributed by atoms with Crippen LogP contribution in [0.2, 0.25) is 0 Å². The van der Waals surface area contributed by atoms with Crippen molar-refractivity contribution in [1.82, 2.24) is 5.32 Å². The third kappa shape index (κ3) is 7.88. The number of hydrogen-bond donors (Lipinski definition) is 2. The second-order valence-corrected chi connectivity index (χ2v) is 6.30. The van der Waals surface area contributed by atoms with Crippen molar-refractivity contribution in [2.24, 2.45) is 0 Å². The zero-order valence-electron chi connectivity index (χ0n) is 13.2. The molecule has 3 heteroatoms. The van der Waals surface area contributed by atoms with Crippen molar-refractivity contribution in [3.05, 3.63) is 0 Å². The fourth-order valence-electron chi connectivity index (χ4n) is 3.18. The lowest BCUT2D eigenvalue weighted by molar-refractivity contribution is -0.140. The third-order valence-corrected chi connectivity index (χ3v) is 4.42. The van der Waals surface area contributed by atoms with E-state index in [4.69, 9.17) is 0 Å². The van der Waals surface area contributed by atoms with E-state index in [0.717, 1.165) is 25.7 Å². The minimum atomic E-state index is -0.682. The highest BCUT2D eigenvalue weighted by atomic mass is 16.4. The van der Waals surface area contributed by atoms with Crippen molar-refractivity contribution in [3.8, 4) is 0 Å². The predicted molar refractivity (Wildman–Crippen MR) is 84.0 cm³/mol. The van der Waals surface area contributed by atoms with Gasteiger partial charge in [-0.05, 0) is 19.3 Å². The van der Waals surface area contributed by atoms with Gasteiger partial charge in [0.05, 0.1) is 0 Å². The maximum absolute atomic E-state index is 11.3. The Hall–Kier alpha value is -0.570. The summed E-state index contributed by atoms with van der Waals surface area (Å²) in [6.07, 6.45) is 15.9. The van der Waals surface area contributed by atoms with E-state index in [0.29, 0.717) is 6.04 Å². The van der Waals surface area contributed by atoms with E-state index in [1.54, 1.807) is 0 Å². The van der Waals surface area contributed by atoms with Gasteiger partial charge in [0, 0.05) is 6.04 Å². The number of hydrogen-bond acceptors (Lipinski definition) is 2. The van der Waals surface area contributed by atoms with Crippen LogP contribution in [0.15, 0.2) is 0 Å². The van der Waals surface area contributed by atoms with E-state index in [9.17, 15) is 9.90 Å². The SMILES string of the molecule is CCCC(NC1CCCCCCCCCCC1)C(=O)O. The van der Waals surface area contributed by atoms with Crippen molar-refractivity contribution in [3.63, 3.8) is 0 Å². The molecule has 0 aromatic rings. The fraction of sp³-hybridized carbons (Fsp3) is 0.941. The Morgan fingerprint density at radius 3 is 1.85 bits per heavy atom. The van der Waals surface area contributed by atoms with Gasteiger partial charge in [-0.1, -0.05) is 71.1 Å². The maximum atomic E-state index is 11.3. The molecule has 0 aromatic heterocycles. The smallest absolute Gasteiger partial charge is 0.320 e. The minimum absolute atomic E-state index is 0.349. The largest absolute Gasteiger partial charge is 0.480 e. The van der Waals surface area contributed by atoms with Crippen LogP contribution in [0.5, 0.6) is 0 Å². The first-order valence-electron chi connectivity index (χ1n) is 8.73. The highest BCUT2D eigenvalue weighted by molar-refractivity contribution is 5.73. The molecule has 0 saturated heterocycles. The van der Waals surface area contributed by atoms with Gasteiger partial charge in [-0.2, -0.15) is 0 Å². The zero-order chi connectivity index (χ0) is 14.6. The van der Waals surface area contributed by atoms with Crippen molar-refractivity contribution >= 4 is 5.97 Å². The molecule has 2 N–H and O–H groups in total. The first-order chi connectivity index (χ1) is 9.74. The van der Waals surface area contributed by atoms with Crippen LogP contribution in [0.25, 0.3) is 0 Å². The number of carboxylic acids is 1. The van der Waals surface area contributed by atoms with E-state index in [1.807, 2.05) is 0 Å². The highest BCUT2D eigenvalue weighted by Gasteiger charge is 2.20. The van der Waals surface area contributed by atoms with Crippen LogP contribution < -0.4 is 5.32 Å². The first-order valence-corrected chi connectivity index (χ1v) is 8.73. The number of carboxylic acid groups (broad SMARTS) is 1. The van der Waals surface area contributed by atoms with Crippen LogP contribution in [0, 0.1) is 0 Å². The second-order valence-electron chi connectivity index (χ2n) is 6.30. The van der Waals surface area contributed by atoms with Gasteiger partial charge in [0.25, 0.3) is 0 Å². The topological polar surface area (TPSA) is 49.3 Å². The Bertz CT molecular complexity index is 243. The van der Waals surface area contributed by atoms with Gasteiger partial charge in [0.2, 0.25) is 0 Å². The Morgan fingerprint density at radius 2 is 1.45 bits per heavy atom. The molecule has 0 amide bonds. The molecule has 0 radical (unpaired) electrons. The number of aliphatic carboxylic acids is 1. The quantitative estimate of drug-likeness (QED) is 0.781. The summed E-state index contributed by atoms with van der Waals surface area (Å²) in [6, 6.07) is 0.0555. The molecule has 1 aliphatic carbocycles. The van der Waals surface area contributed by atoms with E-state index < -0.39 is 5.97 Å². The molecule has 1 aliphatic rings. The molecular weight excluding hydrogens is 250 g/mol. The number of nitrogens with one attached hydrogen (secondary N) is 1. The molecule has 0 aliphatic heterocycles. The van der Waals surface area contributed by atoms with E-state index in [2.05, 4.69) is 12.2 Å². The van der Waals surface area contributed by atoms with Crippen molar-refractivity contribution in [2.45, 2.75) is 102 Å². The molecule has 1 atom stereocenters. The predicted octanol–water partition coefficient (Wildman–Crippen LogP) is 4.50. The van der Waals surface area contributed by atoms with Crippen molar-refractivity contribution < 1.29 is 9.90 Å². The average molecular weight is 283 g/mol. The first kappa shape index (κ1) is 17.5. The van der Waals surface area contributed by atoms with Gasteiger partial charge in [0.1, 0.15) is 6.04 Å². The summed E-state index contributed by atoms with van der Waals surface area (Å²) in [4.78, 5) is 11.3. The molecule has 1 fully saturated rings. The van der Waals surface area contributed by atoms with Crippen LogP contribution >= 0.6 is 0 Å². The van der Waals surface area contributed by atoms with Gasteiger partial charge >= 0.3 is 5.97 Å². The van der Waals surface area contributed by atoms with Crippen LogP contribution in [0.3, 0.4) is 0 Å². The molecule has 1 unspecified atom stereocenters. The summed E-state index contributed by atoms with van der Waals surface area (Å²) in [5, 5.41) is 12.7. The lowest BCUT2D eigenvalue weighted by Crippen LogP contribution is -2.43. The Morgan fingerprint density at radius 1 is 1.00 bits per heavy atom. The molecular formula is C17H33NO2. The number of carbonyl (C=O) groups is 1. The van der Waals surface area contributed by atoms with Crippen LogP contribution in [-0.2, 0) is 4.79 Å². The van der Waals surface area contributed by atoms with E-state index in [-0.39, 0.29) is 6.04 Å². The summed E-state index contributed by atoms with van der Waals surface area (Å²) in [5.41, 5.74) is 0. The molecule has 0 heterocycles.